The van der Waals surface area contributed by atoms with Crippen molar-refractivity contribution in [1.82, 2.24) is 24.8 Å². The first-order valence-electron chi connectivity index (χ1n) is 9.18. The summed E-state index contributed by atoms with van der Waals surface area (Å²) in [5, 5.41) is 7.01. The van der Waals surface area contributed by atoms with Gasteiger partial charge in [0.1, 0.15) is 12.7 Å². The minimum absolute atomic E-state index is 0.0694. The molecule has 1 heterocycles. The molecule has 3 rings (SSSR count). The molecule has 2 aromatic carbocycles. The Morgan fingerprint density at radius 1 is 1.17 bits per heavy atom. The number of hydrogen-bond donors (Lipinski definition) is 2. The maximum atomic E-state index is 12.8. The van der Waals surface area contributed by atoms with E-state index in [9.17, 15) is 13.2 Å². The van der Waals surface area contributed by atoms with Crippen molar-refractivity contribution in [1.29, 1.82) is 0 Å². The number of carbonyl (C=O) groups is 1. The van der Waals surface area contributed by atoms with Crippen LogP contribution in [0.25, 0.3) is 5.69 Å². The summed E-state index contributed by atoms with van der Waals surface area (Å²) in [6.07, 6.45) is 3.07. The predicted molar refractivity (Wildman–Crippen MR) is 109 cm³/mol. The summed E-state index contributed by atoms with van der Waals surface area (Å²) in [6.45, 7) is 5.63. The van der Waals surface area contributed by atoms with Gasteiger partial charge >= 0.3 is 0 Å². The van der Waals surface area contributed by atoms with E-state index in [1.807, 2.05) is 31.2 Å². The molecule has 0 radical (unpaired) electrons. The number of sulfonamides is 1. The van der Waals surface area contributed by atoms with Crippen molar-refractivity contribution < 1.29 is 13.2 Å². The number of rotatable bonds is 7. The zero-order valence-corrected chi connectivity index (χ0v) is 17.3. The molecule has 0 saturated carbocycles. The molecular weight excluding hydrogens is 390 g/mol. The lowest BCUT2D eigenvalue weighted by Gasteiger charge is -2.16. The number of hydrogen-bond acceptors (Lipinski definition) is 5. The molecule has 0 spiro atoms. The third-order valence-corrected chi connectivity index (χ3v) is 6.07. The SMILES string of the molecule is CCNS(=O)(=O)c1ccc(C)c(C(=O)NC(C)c2ccc(-n3cncn3)cc2)c1. The van der Waals surface area contributed by atoms with Crippen molar-refractivity contribution in [2.45, 2.75) is 31.7 Å². The van der Waals surface area contributed by atoms with Gasteiger partial charge in [0.05, 0.1) is 16.6 Å². The molecule has 1 aromatic heterocycles. The van der Waals surface area contributed by atoms with Crippen molar-refractivity contribution in [2.24, 2.45) is 0 Å². The third-order valence-electron chi connectivity index (χ3n) is 4.52. The van der Waals surface area contributed by atoms with Gasteiger partial charge in [-0.15, -0.1) is 0 Å². The van der Waals surface area contributed by atoms with Crippen LogP contribution >= 0.6 is 0 Å². The Labute approximate surface area is 170 Å². The van der Waals surface area contributed by atoms with E-state index in [-0.39, 0.29) is 23.4 Å². The van der Waals surface area contributed by atoms with Crippen LogP contribution in [-0.4, -0.2) is 35.6 Å². The van der Waals surface area contributed by atoms with Crippen LogP contribution in [0.4, 0.5) is 0 Å². The molecule has 8 nitrogen and oxygen atoms in total. The van der Waals surface area contributed by atoms with Crippen molar-refractivity contribution in [3.05, 3.63) is 71.8 Å². The second-order valence-electron chi connectivity index (χ2n) is 6.60. The number of aromatic nitrogens is 3. The van der Waals surface area contributed by atoms with Crippen LogP contribution in [-0.2, 0) is 10.0 Å². The Morgan fingerprint density at radius 3 is 2.52 bits per heavy atom. The molecule has 2 N–H and O–H groups in total. The quantitative estimate of drug-likeness (QED) is 0.619. The Morgan fingerprint density at radius 2 is 1.90 bits per heavy atom. The van der Waals surface area contributed by atoms with Gasteiger partial charge in [-0.05, 0) is 49.2 Å². The molecule has 0 bridgehead atoms. The highest BCUT2D eigenvalue weighted by atomic mass is 32.2. The maximum Gasteiger partial charge on any atom is 0.252 e. The van der Waals surface area contributed by atoms with Gasteiger partial charge in [-0.2, -0.15) is 5.10 Å². The summed E-state index contributed by atoms with van der Waals surface area (Å²) in [6, 6.07) is 11.9. The van der Waals surface area contributed by atoms with Crippen LogP contribution in [0.5, 0.6) is 0 Å². The molecule has 29 heavy (non-hydrogen) atoms. The van der Waals surface area contributed by atoms with E-state index in [0.717, 1.165) is 11.3 Å². The van der Waals surface area contributed by atoms with Crippen molar-refractivity contribution >= 4 is 15.9 Å². The van der Waals surface area contributed by atoms with Crippen molar-refractivity contribution in [3.8, 4) is 5.69 Å². The van der Waals surface area contributed by atoms with Gasteiger partial charge < -0.3 is 5.32 Å². The molecule has 0 fully saturated rings. The fraction of sp³-hybridized carbons (Fsp3) is 0.250. The fourth-order valence-electron chi connectivity index (χ4n) is 2.90. The van der Waals surface area contributed by atoms with E-state index >= 15 is 0 Å². The number of benzene rings is 2. The van der Waals surface area contributed by atoms with Crippen LogP contribution in [0, 0.1) is 6.92 Å². The van der Waals surface area contributed by atoms with E-state index in [1.165, 1.54) is 18.5 Å². The Kier molecular flexibility index (Phi) is 6.09. The van der Waals surface area contributed by atoms with E-state index in [0.29, 0.717) is 11.1 Å². The Bertz CT molecular complexity index is 1090. The van der Waals surface area contributed by atoms with Crippen LogP contribution in [0.2, 0.25) is 0 Å². The standard InChI is InChI=1S/C20H23N5O3S/c1-4-23-29(27,28)18-10-5-14(2)19(11-18)20(26)24-15(3)16-6-8-17(9-7-16)25-13-21-12-22-25/h5-13,15,23H,4H2,1-3H3,(H,24,26). The average molecular weight is 414 g/mol. The second kappa shape index (κ2) is 8.54. The molecule has 0 aliphatic heterocycles. The van der Waals surface area contributed by atoms with Crippen LogP contribution in [0.15, 0.2) is 60.0 Å². The highest BCUT2D eigenvalue weighted by Crippen LogP contribution is 2.19. The first-order valence-corrected chi connectivity index (χ1v) is 10.7. The first-order chi connectivity index (χ1) is 13.8. The van der Waals surface area contributed by atoms with Gasteiger partial charge in [-0.1, -0.05) is 25.1 Å². The van der Waals surface area contributed by atoms with Crippen LogP contribution < -0.4 is 10.0 Å². The molecular formula is C20H23N5O3S. The number of nitrogens with one attached hydrogen (secondary N) is 2. The summed E-state index contributed by atoms with van der Waals surface area (Å²) in [4.78, 5) is 16.8. The normalized spacial score (nSPS) is 12.5. The van der Waals surface area contributed by atoms with E-state index in [2.05, 4.69) is 20.1 Å². The summed E-state index contributed by atoms with van der Waals surface area (Å²) in [5.74, 6) is -0.330. The highest BCUT2D eigenvalue weighted by Gasteiger charge is 2.19. The lowest BCUT2D eigenvalue weighted by Crippen LogP contribution is -2.28. The molecule has 1 unspecified atom stereocenters. The second-order valence-corrected chi connectivity index (χ2v) is 8.37. The number of amides is 1. The molecule has 9 heteroatoms. The topological polar surface area (TPSA) is 106 Å². The van der Waals surface area contributed by atoms with Gasteiger partial charge in [-0.3, -0.25) is 4.79 Å². The molecule has 0 aliphatic rings. The highest BCUT2D eigenvalue weighted by molar-refractivity contribution is 7.89. The number of aryl methyl sites for hydroxylation is 1. The van der Waals surface area contributed by atoms with Gasteiger partial charge in [0.2, 0.25) is 10.0 Å². The Balaban J connectivity index is 1.77. The predicted octanol–water partition coefficient (Wildman–Crippen LogP) is 2.36. The molecule has 1 amide bonds. The smallest absolute Gasteiger partial charge is 0.252 e. The van der Waals surface area contributed by atoms with E-state index < -0.39 is 10.0 Å². The first kappa shape index (κ1) is 20.7. The summed E-state index contributed by atoms with van der Waals surface area (Å²) in [5.41, 5.74) is 2.81. The number of nitrogens with zero attached hydrogens (tertiary/aromatic N) is 3. The largest absolute Gasteiger partial charge is 0.346 e. The van der Waals surface area contributed by atoms with Gasteiger partial charge in [0.15, 0.2) is 0 Å². The minimum atomic E-state index is -3.63. The Hall–Kier alpha value is -3.04. The van der Waals surface area contributed by atoms with Crippen LogP contribution in [0.3, 0.4) is 0 Å². The van der Waals surface area contributed by atoms with E-state index in [4.69, 9.17) is 0 Å². The fourth-order valence-corrected chi connectivity index (χ4v) is 3.97. The lowest BCUT2D eigenvalue weighted by molar-refractivity contribution is 0.0939. The zero-order valence-electron chi connectivity index (χ0n) is 16.5. The van der Waals surface area contributed by atoms with Crippen LogP contribution in [0.1, 0.15) is 41.4 Å². The average Bonchev–Trinajstić information content (AvgIpc) is 3.23. The molecule has 1 atom stereocenters. The third kappa shape index (κ3) is 4.69. The maximum absolute atomic E-state index is 12.8. The van der Waals surface area contributed by atoms with Crippen molar-refractivity contribution in [2.75, 3.05) is 6.54 Å². The van der Waals surface area contributed by atoms with Crippen molar-refractivity contribution in [3.63, 3.8) is 0 Å². The molecule has 3 aromatic rings. The minimum Gasteiger partial charge on any atom is -0.346 e. The van der Waals surface area contributed by atoms with Gasteiger partial charge in [-0.25, -0.2) is 22.8 Å². The van der Waals surface area contributed by atoms with Gasteiger partial charge in [0.25, 0.3) is 5.91 Å². The summed E-state index contributed by atoms with van der Waals surface area (Å²) >= 11 is 0. The summed E-state index contributed by atoms with van der Waals surface area (Å²) < 4.78 is 28.6. The molecule has 152 valence electrons. The van der Waals surface area contributed by atoms with Gasteiger partial charge in [0, 0.05) is 12.1 Å². The summed E-state index contributed by atoms with van der Waals surface area (Å²) in [7, 11) is -3.63. The zero-order chi connectivity index (χ0) is 21.0. The molecule has 0 saturated heterocycles. The van der Waals surface area contributed by atoms with E-state index in [1.54, 1.807) is 30.9 Å². The molecule has 0 aliphatic carbocycles. The number of carbonyl (C=O) groups excluding carboxylic acids is 1. The lowest BCUT2D eigenvalue weighted by atomic mass is 10.1. The monoisotopic (exact) mass is 413 g/mol.